The Morgan fingerprint density at radius 3 is 1.67 bits per heavy atom. The maximum absolute atomic E-state index is 2.34. The second-order valence-electron chi connectivity index (χ2n) is 4.06. The fraction of sp³-hybridized carbons (Fsp3) is 0.385. The van der Waals surface area contributed by atoms with E-state index < -0.39 is 0 Å². The molecule has 15 heavy (non-hydrogen) atoms. The van der Waals surface area contributed by atoms with Crippen molar-refractivity contribution < 1.29 is 20.4 Å². The van der Waals surface area contributed by atoms with E-state index in [-0.39, 0.29) is 12.4 Å². The van der Waals surface area contributed by atoms with Gasteiger partial charge in [-0.05, 0) is 0 Å². The molecule has 0 amide bonds. The van der Waals surface area contributed by atoms with E-state index in [4.69, 9.17) is 0 Å². The van der Waals surface area contributed by atoms with Crippen LogP contribution in [-0.2, 0) is 20.4 Å². The van der Waals surface area contributed by atoms with E-state index in [1.807, 2.05) is 0 Å². The molecular formula is C13H16ClTi. The molecule has 0 spiro atoms. The van der Waals surface area contributed by atoms with Crippen molar-refractivity contribution in [2.75, 3.05) is 0 Å². The van der Waals surface area contributed by atoms with Gasteiger partial charge in [0.15, 0.2) is 0 Å². The zero-order valence-electron chi connectivity index (χ0n) is 9.21. The van der Waals surface area contributed by atoms with Crippen molar-refractivity contribution in [2.24, 2.45) is 0 Å². The second-order valence-corrected chi connectivity index (χ2v) is 4.96. The van der Waals surface area contributed by atoms with Crippen LogP contribution < -0.4 is 0 Å². The summed E-state index contributed by atoms with van der Waals surface area (Å²) in [5.74, 6) is 0. The summed E-state index contributed by atoms with van der Waals surface area (Å²) < 4.78 is 0.639. The van der Waals surface area contributed by atoms with Gasteiger partial charge in [-0.15, -0.1) is 12.4 Å². The van der Waals surface area contributed by atoms with E-state index >= 15 is 0 Å². The predicted molar refractivity (Wildman–Crippen MR) is 63.9 cm³/mol. The number of allylic oxidation sites excluding steroid dienone is 8. The van der Waals surface area contributed by atoms with Crippen molar-refractivity contribution in [3.05, 3.63) is 46.6 Å². The van der Waals surface area contributed by atoms with Crippen LogP contribution in [0.1, 0.15) is 26.7 Å². The predicted octanol–water partition coefficient (Wildman–Crippen LogP) is 4.30. The molecule has 2 rings (SSSR count). The van der Waals surface area contributed by atoms with Crippen molar-refractivity contribution in [3.63, 3.8) is 0 Å². The van der Waals surface area contributed by atoms with Crippen LogP contribution in [0.3, 0.4) is 0 Å². The van der Waals surface area contributed by atoms with Crippen molar-refractivity contribution in [2.45, 2.75) is 30.9 Å². The minimum Gasteiger partial charge on any atom is -0.147 e. The average molecular weight is 256 g/mol. The first-order chi connectivity index (χ1) is 6.70. The summed E-state index contributed by atoms with van der Waals surface area (Å²) in [6.07, 6.45) is 11.4. The molecule has 2 aliphatic rings. The van der Waals surface area contributed by atoms with Crippen LogP contribution in [0.15, 0.2) is 46.6 Å². The van der Waals surface area contributed by atoms with Crippen LogP contribution in [0.25, 0.3) is 0 Å². The largest absolute Gasteiger partial charge is 0.147 e. The first-order valence-electron chi connectivity index (χ1n) is 5.13. The fourth-order valence-corrected chi connectivity index (χ4v) is 3.24. The van der Waals surface area contributed by atoms with E-state index in [2.05, 4.69) is 58.6 Å². The number of halogens is 1. The van der Waals surface area contributed by atoms with Crippen LogP contribution in [0.5, 0.6) is 0 Å². The van der Waals surface area contributed by atoms with Crippen molar-refractivity contribution in [1.29, 1.82) is 0 Å². The molecule has 0 bridgehead atoms. The van der Waals surface area contributed by atoms with E-state index in [9.17, 15) is 0 Å². The average Bonchev–Trinajstić information content (AvgIpc) is 2.73. The van der Waals surface area contributed by atoms with Gasteiger partial charge in [-0.2, -0.15) is 0 Å². The van der Waals surface area contributed by atoms with Crippen molar-refractivity contribution in [1.82, 2.24) is 0 Å². The van der Waals surface area contributed by atoms with Gasteiger partial charge in [0.25, 0.3) is 0 Å². The maximum atomic E-state index is 2.34. The zero-order valence-corrected chi connectivity index (χ0v) is 11.6. The fourth-order valence-electron chi connectivity index (χ4n) is 2.16. The number of rotatable bonds is 2. The Kier molecular flexibility index (Phi) is 4.64. The summed E-state index contributed by atoms with van der Waals surface area (Å²) >= 11 is 2.34. The maximum Gasteiger partial charge on any atom is -0.147 e. The molecule has 0 saturated carbocycles. The van der Waals surface area contributed by atoms with Gasteiger partial charge < -0.3 is 0 Å². The minimum absolute atomic E-state index is 0. The molecule has 0 nitrogen and oxygen atoms in total. The third kappa shape index (κ3) is 2.56. The Morgan fingerprint density at radius 2 is 1.40 bits per heavy atom. The molecule has 0 aliphatic heterocycles. The molecule has 2 aliphatic carbocycles. The van der Waals surface area contributed by atoms with Crippen LogP contribution in [0, 0.1) is 0 Å². The van der Waals surface area contributed by atoms with Crippen LogP contribution in [0.4, 0.5) is 0 Å². The molecule has 0 unspecified atom stereocenters. The first-order valence-corrected chi connectivity index (χ1v) is 6.04. The molecule has 0 atom stereocenters. The summed E-state index contributed by atoms with van der Waals surface area (Å²) in [6, 6.07) is 0. The summed E-state index contributed by atoms with van der Waals surface area (Å²) in [6.45, 7) is 4.46. The molecule has 0 heterocycles. The Morgan fingerprint density at radius 1 is 1.00 bits per heavy atom. The number of hydrogen-bond acceptors (Lipinski definition) is 0. The van der Waals surface area contributed by atoms with Gasteiger partial charge in [0, 0.05) is 0 Å². The van der Waals surface area contributed by atoms with E-state index in [1.54, 1.807) is 11.1 Å². The molecule has 0 fully saturated rings. The second kappa shape index (κ2) is 5.34. The molecule has 2 heteroatoms. The van der Waals surface area contributed by atoms with Crippen LogP contribution in [-0.4, -0.2) is 0 Å². The molecule has 0 aromatic carbocycles. The smallest absolute Gasteiger partial charge is 0.147 e. The van der Waals surface area contributed by atoms with E-state index in [0.29, 0.717) is 4.22 Å². The van der Waals surface area contributed by atoms with E-state index in [1.165, 1.54) is 11.1 Å². The molecule has 0 saturated heterocycles. The van der Waals surface area contributed by atoms with Gasteiger partial charge in [0.05, 0.1) is 0 Å². The van der Waals surface area contributed by atoms with Gasteiger partial charge in [0.2, 0.25) is 0 Å². The zero-order chi connectivity index (χ0) is 10.1. The number of hydrogen-bond donors (Lipinski definition) is 0. The molecule has 0 radical (unpaired) electrons. The monoisotopic (exact) mass is 255 g/mol. The van der Waals surface area contributed by atoms with Crippen molar-refractivity contribution in [3.8, 4) is 0 Å². The molecule has 79 valence electrons. The van der Waals surface area contributed by atoms with Gasteiger partial charge in [0.1, 0.15) is 0 Å². The van der Waals surface area contributed by atoms with Gasteiger partial charge in [-0.3, -0.25) is 0 Å². The standard InChI is InChI=1S/C13H15.ClH.Ti/c1-10-5-3-7-12(10)9-13-8-4-6-11(13)2;;/h3-6,9H,7-8H2,1-2H3;1H;. The third-order valence-corrected chi connectivity index (χ3v) is 4.21. The van der Waals surface area contributed by atoms with Gasteiger partial charge in [-0.1, -0.05) is 0 Å². The quantitative estimate of drug-likeness (QED) is 0.646. The first kappa shape index (κ1) is 13.0. The Hall–Kier alpha value is -0.0357. The summed E-state index contributed by atoms with van der Waals surface area (Å²) in [5, 5.41) is 0. The summed E-state index contributed by atoms with van der Waals surface area (Å²) in [5.41, 5.74) is 6.18. The normalized spacial score (nSPS) is 19.3. The summed E-state index contributed by atoms with van der Waals surface area (Å²) in [4.78, 5) is 0. The third-order valence-electron chi connectivity index (χ3n) is 3.12. The molecule has 0 N–H and O–H groups in total. The van der Waals surface area contributed by atoms with Crippen LogP contribution >= 0.6 is 12.4 Å². The summed E-state index contributed by atoms with van der Waals surface area (Å²) in [7, 11) is 0. The molecule has 0 aromatic rings. The van der Waals surface area contributed by atoms with Crippen molar-refractivity contribution >= 4 is 12.4 Å². The Bertz CT molecular complexity index is 336. The molecule has 0 aromatic heterocycles. The van der Waals surface area contributed by atoms with Gasteiger partial charge in [-0.25, -0.2) is 0 Å². The topological polar surface area (TPSA) is 0 Å². The minimum atomic E-state index is 0. The Labute approximate surface area is 110 Å². The van der Waals surface area contributed by atoms with E-state index in [0.717, 1.165) is 12.8 Å². The molecular weight excluding hydrogens is 239 g/mol. The van der Waals surface area contributed by atoms with Crippen LogP contribution in [0.2, 0.25) is 4.22 Å². The Balaban J connectivity index is 0.00000112. The van der Waals surface area contributed by atoms with Gasteiger partial charge >= 0.3 is 97.9 Å². The SMILES string of the molecule is CC1=C([CH]([Ti])C2=C(C)C=CC2)CC=C1.Cl.